The normalized spacial score (nSPS) is 13.1. The van der Waals surface area contributed by atoms with Crippen molar-refractivity contribution in [2.24, 2.45) is 5.73 Å². The quantitative estimate of drug-likeness (QED) is 0.0405. The zero-order chi connectivity index (χ0) is 47.6. The fraction of sp³-hybridized carbons (Fsp3) is 0.302. The first-order chi connectivity index (χ1) is 30.9. The van der Waals surface area contributed by atoms with Crippen molar-refractivity contribution in [3.8, 4) is 0 Å². The summed E-state index contributed by atoms with van der Waals surface area (Å²) in [5.74, 6) is -11.9. The van der Waals surface area contributed by atoms with Gasteiger partial charge in [0.05, 0.1) is 13.0 Å². The molecule has 0 unspecified atom stereocenters. The summed E-state index contributed by atoms with van der Waals surface area (Å²) in [6.07, 6.45) is -2.03. The second kappa shape index (κ2) is 23.9. The lowest BCUT2D eigenvalue weighted by Crippen LogP contribution is -2.58. The number of amides is 7. The van der Waals surface area contributed by atoms with Crippen molar-refractivity contribution in [2.45, 2.75) is 75.2 Å². The van der Waals surface area contributed by atoms with Crippen LogP contribution in [0.4, 0.5) is 4.39 Å². The first-order valence-electron chi connectivity index (χ1n) is 20.0. The van der Waals surface area contributed by atoms with E-state index in [9.17, 15) is 62.5 Å². The second-order valence-corrected chi connectivity index (χ2v) is 14.7. The van der Waals surface area contributed by atoms with Gasteiger partial charge in [-0.25, -0.2) is 4.39 Å². The average Bonchev–Trinajstić information content (AvgIpc) is 3.67. The van der Waals surface area contributed by atoms with Crippen LogP contribution in [0, 0.1) is 5.82 Å². The van der Waals surface area contributed by atoms with E-state index in [1.165, 1.54) is 36.4 Å². The minimum atomic E-state index is -1.72. The third kappa shape index (κ3) is 15.9. The standard InChI is InChI=1S/C43H47FN8O13/c44-26-10-6-7-23(17-26)18-31(41(63)52-32(19-25-21-46-28-12-5-4-11-27(25)28)42(64)49-29(38(45)60)13-15-35(54)55)48-34(53)22-47-40(62)30(14-16-36(56)57)50-43(65)33(20-37(58)59)51-39(61)24-8-2-1-3-9-24/h1-12,17,21,29-33,46H,13-16,18-20,22H2,(H2,45,60)(H,47,62)(H,48,53)(H,49,64)(H,50,65)(H,51,61)(H,52,63)(H,54,55)(H,56,57)(H,58,59)/t29-,30-,31-,32-,33+/m0/s1. The van der Waals surface area contributed by atoms with Gasteiger partial charge in [0, 0.05) is 48.3 Å². The number of carbonyl (C=O) groups excluding carboxylic acids is 7. The number of H-pyrrole nitrogens is 1. The van der Waals surface area contributed by atoms with Gasteiger partial charge in [0.15, 0.2) is 0 Å². The van der Waals surface area contributed by atoms with Crippen molar-refractivity contribution in [2.75, 3.05) is 6.54 Å². The van der Waals surface area contributed by atoms with E-state index in [4.69, 9.17) is 10.8 Å². The Morgan fingerprint density at radius 1 is 0.600 bits per heavy atom. The Balaban J connectivity index is 1.54. The van der Waals surface area contributed by atoms with Crippen LogP contribution in [-0.2, 0) is 56.0 Å². The fourth-order valence-corrected chi connectivity index (χ4v) is 6.50. The van der Waals surface area contributed by atoms with Crippen molar-refractivity contribution in [1.29, 1.82) is 0 Å². The maximum Gasteiger partial charge on any atom is 0.305 e. The number of halogens is 1. The van der Waals surface area contributed by atoms with E-state index in [1.54, 1.807) is 36.5 Å². The van der Waals surface area contributed by atoms with E-state index in [2.05, 4.69) is 36.9 Å². The van der Waals surface area contributed by atoms with Crippen molar-refractivity contribution >= 4 is 70.2 Å². The Kier molecular flexibility index (Phi) is 18.2. The highest BCUT2D eigenvalue weighted by atomic mass is 19.1. The number of nitrogens with two attached hydrogens (primary N) is 1. The fourth-order valence-electron chi connectivity index (χ4n) is 6.50. The second-order valence-electron chi connectivity index (χ2n) is 14.7. The van der Waals surface area contributed by atoms with Gasteiger partial charge in [-0.2, -0.15) is 0 Å². The van der Waals surface area contributed by atoms with Crippen LogP contribution in [0.15, 0.2) is 85.1 Å². The summed E-state index contributed by atoms with van der Waals surface area (Å²) in [5, 5.41) is 42.6. The number of benzene rings is 3. The van der Waals surface area contributed by atoms with Gasteiger partial charge in [-0.05, 0) is 54.3 Å². The molecule has 21 nitrogen and oxygen atoms in total. The molecule has 0 fully saturated rings. The number of hydrogen-bond acceptors (Lipinski definition) is 10. The van der Waals surface area contributed by atoms with Crippen molar-refractivity contribution < 1.29 is 67.7 Å². The average molecular weight is 903 g/mol. The number of carboxylic acids is 3. The van der Waals surface area contributed by atoms with Crippen LogP contribution in [0.25, 0.3) is 10.9 Å². The molecule has 65 heavy (non-hydrogen) atoms. The Labute approximate surface area is 369 Å². The number of hydrogen-bond donors (Lipinski definition) is 11. The van der Waals surface area contributed by atoms with Crippen LogP contribution in [0.2, 0.25) is 0 Å². The highest BCUT2D eigenvalue weighted by molar-refractivity contribution is 6.00. The molecule has 0 saturated heterocycles. The number of carbonyl (C=O) groups is 10. The molecule has 7 amide bonds. The molecule has 4 aromatic rings. The first kappa shape index (κ1) is 49.5. The van der Waals surface area contributed by atoms with E-state index in [-0.39, 0.29) is 30.4 Å². The van der Waals surface area contributed by atoms with E-state index >= 15 is 0 Å². The number of fused-ring (bicyclic) bond motifs is 1. The Hall–Kier alpha value is -8.17. The maximum atomic E-state index is 14.3. The van der Waals surface area contributed by atoms with E-state index in [0.29, 0.717) is 16.5 Å². The molecule has 0 radical (unpaired) electrons. The van der Waals surface area contributed by atoms with Gasteiger partial charge in [0.2, 0.25) is 35.4 Å². The molecule has 0 saturated carbocycles. The SMILES string of the molecule is NC(=O)[C@H](CCC(=O)O)NC(=O)[C@H](Cc1c[nH]c2ccccc12)NC(=O)[C@H](Cc1cccc(F)c1)NC(=O)CNC(=O)[C@H](CCC(=O)O)NC(=O)[C@@H](CC(=O)O)NC(=O)c1ccccc1. The van der Waals surface area contributed by atoms with E-state index in [1.807, 2.05) is 0 Å². The lowest BCUT2D eigenvalue weighted by Gasteiger charge is -2.25. The van der Waals surface area contributed by atoms with Crippen molar-refractivity contribution in [1.82, 2.24) is 36.9 Å². The molecule has 0 aliphatic rings. The Morgan fingerprint density at radius 2 is 1.18 bits per heavy atom. The molecule has 1 aromatic heterocycles. The summed E-state index contributed by atoms with van der Waals surface area (Å²) in [6.45, 7) is -0.891. The molecule has 4 rings (SSSR count). The summed E-state index contributed by atoms with van der Waals surface area (Å²) in [5.41, 5.74) is 6.96. The number of carboxylic acid groups (broad SMARTS) is 3. The van der Waals surface area contributed by atoms with Crippen LogP contribution in [-0.4, -0.2) is 116 Å². The zero-order valence-corrected chi connectivity index (χ0v) is 34.5. The van der Waals surface area contributed by atoms with Crippen LogP contribution < -0.4 is 37.6 Å². The molecular formula is C43H47FN8O13. The molecule has 0 aliphatic carbocycles. The van der Waals surface area contributed by atoms with Gasteiger partial charge in [0.1, 0.15) is 36.0 Å². The van der Waals surface area contributed by atoms with Gasteiger partial charge in [-0.3, -0.25) is 47.9 Å². The maximum absolute atomic E-state index is 14.3. The number of aliphatic carboxylic acids is 3. The molecule has 3 aromatic carbocycles. The molecule has 12 N–H and O–H groups in total. The highest BCUT2D eigenvalue weighted by Crippen LogP contribution is 2.20. The molecule has 22 heteroatoms. The lowest BCUT2D eigenvalue weighted by atomic mass is 10.0. The topological polar surface area (TPSA) is 345 Å². The minimum absolute atomic E-state index is 0.0871. The number of para-hydroxylation sites is 1. The predicted octanol–water partition coefficient (Wildman–Crippen LogP) is -0.364. The monoisotopic (exact) mass is 902 g/mol. The van der Waals surface area contributed by atoms with Gasteiger partial charge < -0.3 is 57.9 Å². The molecule has 0 bridgehead atoms. The molecule has 5 atom stereocenters. The Bertz CT molecular complexity index is 2410. The third-order valence-electron chi connectivity index (χ3n) is 9.76. The molecule has 1 heterocycles. The number of rotatable bonds is 25. The molecule has 344 valence electrons. The van der Waals surface area contributed by atoms with Crippen LogP contribution in [0.3, 0.4) is 0 Å². The van der Waals surface area contributed by atoms with Gasteiger partial charge in [-0.1, -0.05) is 48.5 Å². The van der Waals surface area contributed by atoms with Crippen molar-refractivity contribution in [3.05, 3.63) is 108 Å². The zero-order valence-electron chi connectivity index (χ0n) is 34.5. The van der Waals surface area contributed by atoms with Gasteiger partial charge in [0.25, 0.3) is 5.91 Å². The van der Waals surface area contributed by atoms with Gasteiger partial charge >= 0.3 is 17.9 Å². The number of primary amides is 1. The number of nitrogens with one attached hydrogen (secondary N) is 7. The smallest absolute Gasteiger partial charge is 0.305 e. The summed E-state index contributed by atoms with van der Waals surface area (Å²) < 4.78 is 14.3. The molecule has 0 spiro atoms. The summed E-state index contributed by atoms with van der Waals surface area (Å²) in [4.78, 5) is 130. The molecule has 0 aliphatic heterocycles. The molecular weight excluding hydrogens is 856 g/mol. The highest BCUT2D eigenvalue weighted by Gasteiger charge is 2.32. The predicted molar refractivity (Wildman–Crippen MR) is 226 cm³/mol. The summed E-state index contributed by atoms with van der Waals surface area (Å²) in [6, 6.07) is 11.6. The third-order valence-corrected chi connectivity index (χ3v) is 9.76. The number of aromatic amines is 1. The van der Waals surface area contributed by atoms with E-state index in [0.717, 1.165) is 12.1 Å². The van der Waals surface area contributed by atoms with Crippen LogP contribution in [0.5, 0.6) is 0 Å². The first-order valence-corrected chi connectivity index (χ1v) is 20.0. The van der Waals surface area contributed by atoms with E-state index < -0.39 is 128 Å². The van der Waals surface area contributed by atoms with Crippen molar-refractivity contribution in [3.63, 3.8) is 0 Å². The number of aromatic nitrogens is 1. The van der Waals surface area contributed by atoms with Crippen LogP contribution in [0.1, 0.15) is 53.6 Å². The largest absolute Gasteiger partial charge is 0.481 e. The van der Waals surface area contributed by atoms with Gasteiger partial charge in [-0.15, -0.1) is 0 Å². The Morgan fingerprint density at radius 3 is 1.82 bits per heavy atom. The lowest BCUT2D eigenvalue weighted by molar-refractivity contribution is -0.140. The summed E-state index contributed by atoms with van der Waals surface area (Å²) >= 11 is 0. The van der Waals surface area contributed by atoms with Crippen LogP contribution >= 0.6 is 0 Å². The summed E-state index contributed by atoms with van der Waals surface area (Å²) in [7, 11) is 0. The minimum Gasteiger partial charge on any atom is -0.481 e.